The second kappa shape index (κ2) is 9.78. The van der Waals surface area contributed by atoms with Gasteiger partial charge in [-0.1, -0.05) is 66.7 Å². The number of rotatable bonds is 6. The molecule has 4 heterocycles. The van der Waals surface area contributed by atoms with Crippen molar-refractivity contribution in [2.24, 2.45) is 5.73 Å². The van der Waals surface area contributed by atoms with Crippen molar-refractivity contribution in [1.29, 1.82) is 0 Å². The quantitative estimate of drug-likeness (QED) is 0.253. The number of hydrogen-bond acceptors (Lipinski definition) is 6. The van der Waals surface area contributed by atoms with Gasteiger partial charge in [0, 0.05) is 15.5 Å². The number of carbonyl (C=O) groups excluding carboxylic acids is 2. The van der Waals surface area contributed by atoms with Gasteiger partial charge >= 0.3 is 5.97 Å². The first-order valence-electron chi connectivity index (χ1n) is 11.6. The van der Waals surface area contributed by atoms with E-state index in [9.17, 15) is 9.59 Å². The van der Waals surface area contributed by atoms with E-state index < -0.39 is 29.0 Å². The number of thiophene rings is 1. The van der Waals surface area contributed by atoms with E-state index >= 15 is 0 Å². The van der Waals surface area contributed by atoms with Crippen LogP contribution in [-0.4, -0.2) is 33.9 Å². The summed E-state index contributed by atoms with van der Waals surface area (Å²) in [5.74, 6) is -0.0755. The molecule has 0 aliphatic carbocycles. The van der Waals surface area contributed by atoms with Gasteiger partial charge in [-0.15, -0.1) is 23.1 Å². The molecule has 1 fully saturated rings. The van der Waals surface area contributed by atoms with Gasteiger partial charge in [0.1, 0.15) is 17.1 Å². The van der Waals surface area contributed by atoms with Crippen molar-refractivity contribution < 1.29 is 14.3 Å². The van der Waals surface area contributed by atoms with E-state index in [4.69, 9.17) is 10.5 Å². The zero-order chi connectivity index (χ0) is 24.6. The fraction of sp³-hybridized carbons (Fsp3) is 0.143. The summed E-state index contributed by atoms with van der Waals surface area (Å²) < 4.78 is 6.21. The Morgan fingerprint density at radius 1 is 1.03 bits per heavy atom. The number of β-lactam (4-membered cyclic amide) rings is 1. The fourth-order valence-corrected chi connectivity index (χ4v) is 9.08. The topological polar surface area (TPSA) is 72.6 Å². The molecule has 3 atom stereocenters. The number of amides is 1. The summed E-state index contributed by atoms with van der Waals surface area (Å²) in [4.78, 5) is 30.5. The van der Waals surface area contributed by atoms with E-state index in [0.717, 1.165) is 21.6 Å². The third kappa shape index (κ3) is 4.14. The van der Waals surface area contributed by atoms with Crippen molar-refractivity contribution in [3.8, 4) is 0 Å². The van der Waals surface area contributed by atoms with E-state index in [1.165, 1.54) is 4.88 Å². The minimum atomic E-state index is -0.870. The van der Waals surface area contributed by atoms with Gasteiger partial charge in [-0.25, -0.2) is 4.79 Å². The first-order chi connectivity index (χ1) is 17.6. The second-order valence-electron chi connectivity index (χ2n) is 8.62. The normalized spacial score (nSPS) is 23.9. The first-order valence-corrected chi connectivity index (χ1v) is 15.0. The van der Waals surface area contributed by atoms with Crippen LogP contribution < -0.4 is 5.73 Å². The Hall–Kier alpha value is -3.04. The number of thiol groups is 1. The van der Waals surface area contributed by atoms with E-state index in [1.807, 2.05) is 66.7 Å². The number of nitrogens with two attached hydrogens (primary N) is 1. The molecule has 5 nitrogen and oxygen atoms in total. The lowest BCUT2D eigenvalue weighted by molar-refractivity contribution is -0.152. The number of ether oxygens (including phenoxy) is 1. The standard InChI is InChI=1S/C28H24N2O3S3/c29-23-26(31)30-24(22(16-35-27(23)30)36-15-13-20(17-36)21-12-7-14-34-21)28(32)33-25(18-8-3-1-4-9-18)19-10-5-2-6-11-19/h1-15,17,23,25,27,36H,16,29H2/t23-,27?/m1/s1. The van der Waals surface area contributed by atoms with Crippen LogP contribution in [0.3, 0.4) is 0 Å². The minimum Gasteiger partial charge on any atom is -0.448 e. The zero-order valence-corrected chi connectivity index (χ0v) is 21.7. The van der Waals surface area contributed by atoms with Crippen LogP contribution >= 0.6 is 34.0 Å². The van der Waals surface area contributed by atoms with Gasteiger partial charge in [0.15, 0.2) is 6.10 Å². The van der Waals surface area contributed by atoms with Crippen molar-refractivity contribution in [3.63, 3.8) is 0 Å². The summed E-state index contributed by atoms with van der Waals surface area (Å²) in [6, 6.07) is 22.9. The molecule has 0 bridgehead atoms. The van der Waals surface area contributed by atoms with Crippen LogP contribution in [0.15, 0.2) is 106 Å². The molecule has 2 N–H and O–H groups in total. The van der Waals surface area contributed by atoms with Gasteiger partial charge in [-0.3, -0.25) is 9.69 Å². The molecule has 8 heteroatoms. The van der Waals surface area contributed by atoms with Crippen molar-refractivity contribution in [3.05, 3.63) is 122 Å². The molecule has 36 heavy (non-hydrogen) atoms. The third-order valence-electron chi connectivity index (χ3n) is 6.42. The average Bonchev–Trinajstić information content (AvgIpc) is 3.64. The molecule has 0 saturated carbocycles. The number of hydrogen-bond donors (Lipinski definition) is 2. The Kier molecular flexibility index (Phi) is 6.35. The Bertz CT molecular complexity index is 1340. The van der Waals surface area contributed by atoms with E-state index in [0.29, 0.717) is 11.4 Å². The Morgan fingerprint density at radius 3 is 2.36 bits per heavy atom. The molecule has 3 aliphatic rings. The molecular weight excluding hydrogens is 509 g/mol. The summed E-state index contributed by atoms with van der Waals surface area (Å²) in [6.45, 7) is 0. The largest absolute Gasteiger partial charge is 0.448 e. The van der Waals surface area contributed by atoms with Crippen molar-refractivity contribution in [2.45, 2.75) is 17.5 Å². The third-order valence-corrected chi connectivity index (χ3v) is 10.9. The molecule has 1 amide bonds. The van der Waals surface area contributed by atoms with Crippen molar-refractivity contribution in [1.82, 2.24) is 4.90 Å². The smallest absolute Gasteiger partial charge is 0.356 e. The van der Waals surface area contributed by atoms with Crippen LogP contribution in [0.4, 0.5) is 0 Å². The lowest BCUT2D eigenvalue weighted by atomic mass is 10.0. The van der Waals surface area contributed by atoms with E-state index in [-0.39, 0.29) is 11.3 Å². The fourth-order valence-electron chi connectivity index (χ4n) is 4.59. The van der Waals surface area contributed by atoms with E-state index in [2.05, 4.69) is 28.3 Å². The maximum atomic E-state index is 13.9. The minimum absolute atomic E-state index is 0.228. The zero-order valence-electron chi connectivity index (χ0n) is 19.2. The highest BCUT2D eigenvalue weighted by molar-refractivity contribution is 8.26. The van der Waals surface area contributed by atoms with Crippen LogP contribution in [0.5, 0.6) is 0 Å². The van der Waals surface area contributed by atoms with Gasteiger partial charge in [0.2, 0.25) is 5.91 Å². The van der Waals surface area contributed by atoms with Gasteiger partial charge in [-0.2, -0.15) is 10.9 Å². The maximum Gasteiger partial charge on any atom is 0.356 e. The monoisotopic (exact) mass is 532 g/mol. The molecule has 1 aromatic heterocycles. The highest BCUT2D eigenvalue weighted by Crippen LogP contribution is 2.53. The molecule has 3 aliphatic heterocycles. The van der Waals surface area contributed by atoms with Crippen LogP contribution in [0.2, 0.25) is 0 Å². The number of carbonyl (C=O) groups is 2. The molecule has 182 valence electrons. The highest BCUT2D eigenvalue weighted by atomic mass is 32.2. The number of nitrogens with zero attached hydrogens (tertiary/aromatic N) is 1. The number of fused-ring (bicyclic) bond motifs is 1. The van der Waals surface area contributed by atoms with Crippen LogP contribution in [0, 0.1) is 0 Å². The van der Waals surface area contributed by atoms with Gasteiger partial charge in [0.05, 0.1) is 0 Å². The summed E-state index contributed by atoms with van der Waals surface area (Å²) in [7, 11) is -0.870. The molecule has 0 spiro atoms. The van der Waals surface area contributed by atoms with Crippen LogP contribution in [-0.2, 0) is 14.3 Å². The number of esters is 1. The Balaban J connectivity index is 1.39. The Morgan fingerprint density at radius 2 is 1.72 bits per heavy atom. The maximum absolute atomic E-state index is 13.9. The predicted octanol–water partition coefficient (Wildman–Crippen LogP) is 5.40. The van der Waals surface area contributed by atoms with Gasteiger partial charge in [-0.05, 0) is 45.0 Å². The lowest BCUT2D eigenvalue weighted by Crippen LogP contribution is -2.68. The molecule has 1 saturated heterocycles. The highest BCUT2D eigenvalue weighted by Gasteiger charge is 2.52. The van der Waals surface area contributed by atoms with Crippen molar-refractivity contribution in [2.75, 3.05) is 5.75 Å². The number of allylic oxidation sites excluding steroid dienone is 2. The van der Waals surface area contributed by atoms with E-state index in [1.54, 1.807) is 28.0 Å². The van der Waals surface area contributed by atoms with Gasteiger partial charge < -0.3 is 10.5 Å². The number of thioether (sulfide) groups is 1. The Labute approximate surface area is 220 Å². The SMILES string of the molecule is N[C@@H]1C(=O)N2C(C(=O)OC(c3ccccc3)c3ccccc3)=C([SH]3C=CC(c4cccs4)=C3)CSC12. The predicted molar refractivity (Wildman–Crippen MR) is 149 cm³/mol. The molecule has 2 unspecified atom stereocenters. The van der Waals surface area contributed by atoms with Crippen molar-refractivity contribution >= 4 is 51.4 Å². The molecule has 3 aromatic rings. The second-order valence-corrected chi connectivity index (χ2v) is 12.6. The molecular formula is C28H24N2O3S3. The first kappa shape index (κ1) is 23.4. The average molecular weight is 533 g/mol. The van der Waals surface area contributed by atoms with Crippen LogP contribution in [0.1, 0.15) is 22.1 Å². The number of benzene rings is 2. The molecule has 0 radical (unpaired) electrons. The lowest BCUT2D eigenvalue weighted by Gasteiger charge is -2.49. The summed E-state index contributed by atoms with van der Waals surface area (Å²) in [5, 5.41) is 6.20. The molecule has 2 aromatic carbocycles. The summed E-state index contributed by atoms with van der Waals surface area (Å²) in [6.07, 6.45) is 1.53. The summed E-state index contributed by atoms with van der Waals surface area (Å²) >= 11 is 3.31. The summed E-state index contributed by atoms with van der Waals surface area (Å²) in [5.41, 5.74) is 9.37. The molecule has 6 rings (SSSR count). The van der Waals surface area contributed by atoms with Gasteiger partial charge in [0.25, 0.3) is 0 Å². The van der Waals surface area contributed by atoms with Crippen LogP contribution in [0.25, 0.3) is 5.57 Å².